The smallest absolute Gasteiger partial charge is 0.339 e. The van der Waals surface area contributed by atoms with Crippen LogP contribution in [0.2, 0.25) is 5.02 Å². The first kappa shape index (κ1) is 11.6. The quantitative estimate of drug-likeness (QED) is 0.522. The van der Waals surface area contributed by atoms with E-state index in [1.165, 1.54) is 6.07 Å². The predicted molar refractivity (Wildman–Crippen MR) is 51.8 cm³/mol. The van der Waals surface area contributed by atoms with Gasteiger partial charge in [-0.25, -0.2) is 4.79 Å². The van der Waals surface area contributed by atoms with Gasteiger partial charge in [-0.3, -0.25) is 0 Å². The van der Waals surface area contributed by atoms with Gasteiger partial charge in [-0.05, 0) is 12.1 Å². The number of esters is 1. The number of hydrogen-bond acceptors (Lipinski definition) is 5. The molecular weight excluding hydrogens is 224 g/mol. The molecule has 0 aliphatic carbocycles. The minimum absolute atomic E-state index is 0.0387. The number of hydrogen-bond donors (Lipinski definition) is 3. The second kappa shape index (κ2) is 4.37. The van der Waals surface area contributed by atoms with Gasteiger partial charge in [0, 0.05) is 0 Å². The van der Waals surface area contributed by atoms with Gasteiger partial charge in [-0.15, -0.1) is 0 Å². The van der Waals surface area contributed by atoms with E-state index in [2.05, 4.69) is 4.74 Å². The van der Waals surface area contributed by atoms with Crippen LogP contribution < -0.4 is 0 Å². The van der Waals surface area contributed by atoms with Gasteiger partial charge in [0.05, 0.1) is 17.7 Å². The van der Waals surface area contributed by atoms with E-state index >= 15 is 0 Å². The monoisotopic (exact) mass is 232 g/mol. The summed E-state index contributed by atoms with van der Waals surface area (Å²) in [5.74, 6) is -2.09. The third-order valence-corrected chi connectivity index (χ3v) is 2.17. The number of phenolic OH excluding ortho intramolecular Hbond substituents is 2. The summed E-state index contributed by atoms with van der Waals surface area (Å²) < 4.78 is 4.28. The third kappa shape index (κ3) is 2.14. The summed E-state index contributed by atoms with van der Waals surface area (Å²) >= 11 is 5.66. The van der Waals surface area contributed by atoms with Crippen molar-refractivity contribution in [2.24, 2.45) is 0 Å². The molecule has 1 aromatic carbocycles. The molecule has 0 aliphatic rings. The first-order valence-electron chi connectivity index (χ1n) is 3.95. The van der Waals surface area contributed by atoms with Crippen molar-refractivity contribution in [1.82, 2.24) is 0 Å². The van der Waals surface area contributed by atoms with Crippen LogP contribution in [0.25, 0.3) is 0 Å². The lowest BCUT2D eigenvalue weighted by atomic mass is 10.1. The average Bonchev–Trinajstić information content (AvgIpc) is 2.22. The zero-order valence-electron chi connectivity index (χ0n) is 7.77. The fourth-order valence-corrected chi connectivity index (χ4v) is 1.32. The van der Waals surface area contributed by atoms with Crippen molar-refractivity contribution in [3.63, 3.8) is 0 Å². The van der Waals surface area contributed by atoms with Crippen molar-refractivity contribution in [2.75, 3.05) is 7.11 Å². The minimum Gasteiger partial charge on any atom is -0.504 e. The van der Waals surface area contributed by atoms with Gasteiger partial charge in [0.25, 0.3) is 0 Å². The molecule has 0 aromatic heterocycles. The molecule has 0 heterocycles. The average molecular weight is 233 g/mol. The highest BCUT2D eigenvalue weighted by molar-refractivity contribution is 6.31. The standard InChI is InChI=1S/C9H9ClO5/c1-15-9(14)8(13)6-4(10)2-3-5(11)7(6)12/h2-3,8,11-13H,1H3. The molecule has 0 bridgehead atoms. The van der Waals surface area contributed by atoms with Crippen molar-refractivity contribution in [3.8, 4) is 11.5 Å². The van der Waals surface area contributed by atoms with Crippen LogP contribution in [0.1, 0.15) is 11.7 Å². The van der Waals surface area contributed by atoms with E-state index in [0.29, 0.717) is 0 Å². The van der Waals surface area contributed by atoms with Gasteiger partial charge >= 0.3 is 5.97 Å². The van der Waals surface area contributed by atoms with Crippen molar-refractivity contribution in [2.45, 2.75) is 6.10 Å². The van der Waals surface area contributed by atoms with E-state index in [1.807, 2.05) is 0 Å². The lowest BCUT2D eigenvalue weighted by Gasteiger charge is -2.12. The first-order valence-corrected chi connectivity index (χ1v) is 4.33. The number of benzene rings is 1. The van der Waals surface area contributed by atoms with Gasteiger partial charge in [-0.1, -0.05) is 11.6 Å². The van der Waals surface area contributed by atoms with Gasteiger partial charge in [0.1, 0.15) is 0 Å². The molecule has 6 heteroatoms. The maximum Gasteiger partial charge on any atom is 0.339 e. The van der Waals surface area contributed by atoms with Crippen LogP contribution in [0.4, 0.5) is 0 Å². The molecule has 15 heavy (non-hydrogen) atoms. The number of phenols is 2. The van der Waals surface area contributed by atoms with E-state index in [9.17, 15) is 15.0 Å². The van der Waals surface area contributed by atoms with Gasteiger partial charge < -0.3 is 20.1 Å². The number of carbonyl (C=O) groups is 1. The molecule has 1 unspecified atom stereocenters. The Morgan fingerprint density at radius 2 is 2.07 bits per heavy atom. The molecule has 5 nitrogen and oxygen atoms in total. The number of aliphatic hydroxyl groups excluding tert-OH is 1. The number of ether oxygens (including phenoxy) is 1. The summed E-state index contributed by atoms with van der Waals surface area (Å²) in [6, 6.07) is 2.39. The summed E-state index contributed by atoms with van der Waals surface area (Å²) in [5.41, 5.74) is -0.275. The molecule has 0 saturated heterocycles. The number of aromatic hydroxyl groups is 2. The predicted octanol–water partition coefficient (Wildman–Crippen LogP) is 0.958. The van der Waals surface area contributed by atoms with E-state index in [-0.39, 0.29) is 10.6 Å². The molecule has 0 spiro atoms. The molecule has 1 atom stereocenters. The van der Waals surface area contributed by atoms with Crippen molar-refractivity contribution >= 4 is 17.6 Å². The first-order chi connectivity index (χ1) is 6.99. The summed E-state index contributed by atoms with van der Waals surface area (Å²) in [6.07, 6.45) is -1.73. The van der Waals surface area contributed by atoms with Gasteiger partial charge in [0.2, 0.25) is 0 Å². The third-order valence-electron chi connectivity index (χ3n) is 1.84. The second-order valence-electron chi connectivity index (χ2n) is 2.75. The highest BCUT2D eigenvalue weighted by Gasteiger charge is 2.25. The summed E-state index contributed by atoms with van der Waals surface area (Å²) in [5, 5.41) is 28.0. The number of rotatable bonds is 2. The van der Waals surface area contributed by atoms with Crippen molar-refractivity contribution in [3.05, 3.63) is 22.7 Å². The molecule has 0 radical (unpaired) electrons. The number of carbonyl (C=O) groups excluding carboxylic acids is 1. The Hall–Kier alpha value is -1.46. The number of halogens is 1. The molecular formula is C9H9ClO5. The van der Waals surface area contributed by atoms with E-state index in [0.717, 1.165) is 13.2 Å². The maximum atomic E-state index is 11.0. The van der Waals surface area contributed by atoms with Crippen LogP contribution in [0.3, 0.4) is 0 Å². The normalized spacial score (nSPS) is 12.2. The Bertz CT molecular complexity index is 390. The molecule has 0 aliphatic heterocycles. The highest BCUT2D eigenvalue weighted by Crippen LogP contribution is 2.38. The summed E-state index contributed by atoms with van der Waals surface area (Å²) in [4.78, 5) is 11.0. The van der Waals surface area contributed by atoms with Crippen molar-refractivity contribution < 1.29 is 24.9 Å². The van der Waals surface area contributed by atoms with Gasteiger partial charge in [0.15, 0.2) is 17.6 Å². The molecule has 3 N–H and O–H groups in total. The SMILES string of the molecule is COC(=O)C(O)c1c(Cl)ccc(O)c1O. The molecule has 0 saturated carbocycles. The Morgan fingerprint density at radius 3 is 2.60 bits per heavy atom. The number of aliphatic hydroxyl groups is 1. The summed E-state index contributed by atoms with van der Waals surface area (Å²) in [6.45, 7) is 0. The van der Waals surface area contributed by atoms with Crippen LogP contribution in [0.15, 0.2) is 12.1 Å². The molecule has 82 valence electrons. The van der Waals surface area contributed by atoms with Crippen molar-refractivity contribution in [1.29, 1.82) is 0 Å². The fourth-order valence-electron chi connectivity index (χ4n) is 1.06. The van der Waals surface area contributed by atoms with Crippen LogP contribution in [0.5, 0.6) is 11.5 Å². The Balaban J connectivity index is 3.24. The number of methoxy groups -OCH3 is 1. The topological polar surface area (TPSA) is 87.0 Å². The Labute approximate surface area is 90.5 Å². The second-order valence-corrected chi connectivity index (χ2v) is 3.16. The largest absolute Gasteiger partial charge is 0.504 e. The molecule has 1 rings (SSSR count). The molecule has 1 aromatic rings. The Kier molecular flexibility index (Phi) is 3.39. The zero-order chi connectivity index (χ0) is 11.6. The Morgan fingerprint density at radius 1 is 1.47 bits per heavy atom. The highest BCUT2D eigenvalue weighted by atomic mass is 35.5. The van der Waals surface area contributed by atoms with Crippen LogP contribution in [0, 0.1) is 0 Å². The van der Waals surface area contributed by atoms with E-state index in [4.69, 9.17) is 16.7 Å². The molecule has 0 fully saturated rings. The minimum atomic E-state index is -1.73. The van der Waals surface area contributed by atoms with Gasteiger partial charge in [-0.2, -0.15) is 0 Å². The zero-order valence-corrected chi connectivity index (χ0v) is 8.52. The summed E-state index contributed by atoms with van der Waals surface area (Å²) in [7, 11) is 1.08. The van der Waals surface area contributed by atoms with Crippen LogP contribution in [-0.2, 0) is 9.53 Å². The van der Waals surface area contributed by atoms with E-state index < -0.39 is 23.6 Å². The maximum absolute atomic E-state index is 11.0. The lowest BCUT2D eigenvalue weighted by molar-refractivity contribution is -0.150. The fraction of sp³-hybridized carbons (Fsp3) is 0.222. The molecule has 0 amide bonds. The van der Waals surface area contributed by atoms with Crippen LogP contribution in [-0.4, -0.2) is 28.4 Å². The lowest BCUT2D eigenvalue weighted by Crippen LogP contribution is -2.14. The van der Waals surface area contributed by atoms with E-state index in [1.54, 1.807) is 0 Å². The van der Waals surface area contributed by atoms with Crippen LogP contribution >= 0.6 is 11.6 Å².